The van der Waals surface area contributed by atoms with Crippen LogP contribution in [0.3, 0.4) is 0 Å². The molecule has 0 saturated carbocycles. The highest BCUT2D eigenvalue weighted by atomic mass is 16.2. The number of hydrogen-bond acceptors (Lipinski definition) is 3. The molecule has 1 saturated heterocycles. The summed E-state index contributed by atoms with van der Waals surface area (Å²) in [5.41, 5.74) is 10.6. The molecule has 1 aliphatic heterocycles. The number of hydrogen-bond donors (Lipinski definition) is 3. The fourth-order valence-corrected chi connectivity index (χ4v) is 0.895. The van der Waals surface area contributed by atoms with E-state index in [9.17, 15) is 4.79 Å². The standard InChI is InChI=1S/C5H12N4O/c1-9-4(2-3-6)7-8-5(9)10/h4,7H,2-3,6H2,1H3,(H,8,10). The Morgan fingerprint density at radius 3 is 2.90 bits per heavy atom. The predicted molar refractivity (Wildman–Crippen MR) is 36.9 cm³/mol. The van der Waals surface area contributed by atoms with Crippen LogP contribution in [0.2, 0.25) is 0 Å². The van der Waals surface area contributed by atoms with Gasteiger partial charge in [-0.1, -0.05) is 0 Å². The molecule has 1 heterocycles. The van der Waals surface area contributed by atoms with Gasteiger partial charge in [-0.05, 0) is 13.0 Å². The summed E-state index contributed by atoms with van der Waals surface area (Å²) in [6.07, 6.45) is 0.826. The number of rotatable bonds is 2. The summed E-state index contributed by atoms with van der Waals surface area (Å²) in [6.45, 7) is 0.580. The van der Waals surface area contributed by atoms with E-state index in [1.165, 1.54) is 0 Å². The van der Waals surface area contributed by atoms with E-state index in [0.29, 0.717) is 6.54 Å². The number of nitrogens with two attached hydrogens (primary N) is 1. The fraction of sp³-hybridized carbons (Fsp3) is 0.800. The van der Waals surface area contributed by atoms with Gasteiger partial charge in [0, 0.05) is 7.05 Å². The lowest BCUT2D eigenvalue weighted by atomic mass is 10.3. The quantitative estimate of drug-likeness (QED) is 0.457. The smallest absolute Gasteiger partial charge is 0.330 e. The second kappa shape index (κ2) is 2.85. The molecule has 5 nitrogen and oxygen atoms in total. The summed E-state index contributed by atoms with van der Waals surface area (Å²) in [5.74, 6) is 0. The molecule has 0 aromatic carbocycles. The van der Waals surface area contributed by atoms with Crippen LogP contribution in [-0.4, -0.2) is 30.7 Å². The van der Waals surface area contributed by atoms with Crippen molar-refractivity contribution in [1.82, 2.24) is 15.8 Å². The van der Waals surface area contributed by atoms with Crippen LogP contribution >= 0.6 is 0 Å². The SMILES string of the molecule is CN1C(=O)NNC1CCN. The zero-order chi connectivity index (χ0) is 7.56. The first-order valence-electron chi connectivity index (χ1n) is 3.24. The predicted octanol–water partition coefficient (Wildman–Crippen LogP) is -1.18. The monoisotopic (exact) mass is 144 g/mol. The minimum Gasteiger partial charge on any atom is -0.330 e. The van der Waals surface area contributed by atoms with Crippen molar-refractivity contribution >= 4 is 6.03 Å². The van der Waals surface area contributed by atoms with Crippen LogP contribution in [0.4, 0.5) is 4.79 Å². The van der Waals surface area contributed by atoms with Crippen molar-refractivity contribution < 1.29 is 4.79 Å². The summed E-state index contributed by atoms with van der Waals surface area (Å²) >= 11 is 0. The molecule has 0 spiro atoms. The molecule has 0 aromatic rings. The Bertz CT molecular complexity index is 138. The van der Waals surface area contributed by atoms with Gasteiger partial charge in [-0.15, -0.1) is 0 Å². The Balaban J connectivity index is 2.41. The van der Waals surface area contributed by atoms with Crippen LogP contribution in [0.25, 0.3) is 0 Å². The average Bonchev–Trinajstić information content (AvgIpc) is 2.20. The molecule has 1 aliphatic rings. The van der Waals surface area contributed by atoms with Crippen molar-refractivity contribution in [2.45, 2.75) is 12.6 Å². The zero-order valence-corrected chi connectivity index (χ0v) is 5.92. The average molecular weight is 144 g/mol. The molecule has 1 rings (SSSR count). The molecule has 1 atom stereocenters. The van der Waals surface area contributed by atoms with Gasteiger partial charge >= 0.3 is 6.03 Å². The molecule has 0 bridgehead atoms. The summed E-state index contributed by atoms with van der Waals surface area (Å²) in [5, 5.41) is 0. The maximum absolute atomic E-state index is 10.8. The van der Waals surface area contributed by atoms with E-state index in [1.54, 1.807) is 11.9 Å². The minimum atomic E-state index is -0.0987. The lowest BCUT2D eigenvalue weighted by molar-refractivity contribution is 0.213. The van der Waals surface area contributed by atoms with Gasteiger partial charge in [0.25, 0.3) is 0 Å². The van der Waals surface area contributed by atoms with E-state index in [2.05, 4.69) is 10.9 Å². The van der Waals surface area contributed by atoms with Crippen molar-refractivity contribution in [3.05, 3.63) is 0 Å². The number of nitrogens with zero attached hydrogens (tertiary/aromatic N) is 1. The summed E-state index contributed by atoms with van der Waals surface area (Å²) in [4.78, 5) is 12.4. The first kappa shape index (κ1) is 7.30. The highest BCUT2D eigenvalue weighted by molar-refractivity contribution is 5.75. The van der Waals surface area contributed by atoms with Crippen LogP contribution in [0, 0.1) is 0 Å². The number of urea groups is 1. The van der Waals surface area contributed by atoms with Gasteiger partial charge in [0.1, 0.15) is 6.17 Å². The van der Waals surface area contributed by atoms with Crippen LogP contribution in [0.5, 0.6) is 0 Å². The molecule has 1 fully saturated rings. The van der Waals surface area contributed by atoms with Crippen molar-refractivity contribution in [2.24, 2.45) is 5.73 Å². The molecular formula is C5H12N4O. The molecular weight excluding hydrogens is 132 g/mol. The molecule has 5 heteroatoms. The number of carbonyl (C=O) groups is 1. The molecule has 2 amide bonds. The van der Waals surface area contributed by atoms with Crippen LogP contribution < -0.4 is 16.6 Å². The molecule has 0 aliphatic carbocycles. The third kappa shape index (κ3) is 1.19. The van der Waals surface area contributed by atoms with Gasteiger partial charge < -0.3 is 10.6 Å². The fourth-order valence-electron chi connectivity index (χ4n) is 0.895. The minimum absolute atomic E-state index is 0.0532. The third-order valence-corrected chi connectivity index (χ3v) is 1.57. The first-order chi connectivity index (χ1) is 4.75. The van der Waals surface area contributed by atoms with Gasteiger partial charge in [-0.3, -0.25) is 5.43 Å². The van der Waals surface area contributed by atoms with E-state index >= 15 is 0 Å². The number of nitrogens with one attached hydrogen (secondary N) is 2. The highest BCUT2D eigenvalue weighted by Gasteiger charge is 2.25. The highest BCUT2D eigenvalue weighted by Crippen LogP contribution is 2.01. The van der Waals surface area contributed by atoms with Crippen LogP contribution in [0.15, 0.2) is 0 Å². The summed E-state index contributed by atoms with van der Waals surface area (Å²) in [7, 11) is 1.73. The van der Waals surface area contributed by atoms with Crippen molar-refractivity contribution in [1.29, 1.82) is 0 Å². The van der Waals surface area contributed by atoms with E-state index in [-0.39, 0.29) is 12.2 Å². The molecule has 4 N–H and O–H groups in total. The Hall–Kier alpha value is -0.810. The second-order valence-corrected chi connectivity index (χ2v) is 2.28. The molecule has 58 valence electrons. The van der Waals surface area contributed by atoms with Gasteiger partial charge in [0.05, 0.1) is 0 Å². The molecule has 0 aromatic heterocycles. The van der Waals surface area contributed by atoms with E-state index < -0.39 is 0 Å². The van der Waals surface area contributed by atoms with Crippen molar-refractivity contribution in [3.8, 4) is 0 Å². The maximum atomic E-state index is 10.8. The number of hydrazine groups is 1. The topological polar surface area (TPSA) is 70.4 Å². The van der Waals surface area contributed by atoms with E-state index in [4.69, 9.17) is 5.73 Å². The third-order valence-electron chi connectivity index (χ3n) is 1.57. The number of carbonyl (C=O) groups excluding carboxylic acids is 1. The molecule has 1 unspecified atom stereocenters. The lowest BCUT2D eigenvalue weighted by Gasteiger charge is -2.15. The number of amides is 2. The van der Waals surface area contributed by atoms with Gasteiger partial charge in [-0.2, -0.15) is 0 Å². The summed E-state index contributed by atoms with van der Waals surface area (Å²) < 4.78 is 0. The van der Waals surface area contributed by atoms with Crippen LogP contribution in [-0.2, 0) is 0 Å². The lowest BCUT2D eigenvalue weighted by Crippen LogP contribution is -2.36. The molecule has 10 heavy (non-hydrogen) atoms. The normalized spacial score (nSPS) is 25.2. The summed E-state index contributed by atoms with van der Waals surface area (Å²) in [6, 6.07) is -0.0987. The van der Waals surface area contributed by atoms with Gasteiger partial charge in [0.15, 0.2) is 0 Å². The Kier molecular flexibility index (Phi) is 2.08. The van der Waals surface area contributed by atoms with Crippen molar-refractivity contribution in [3.63, 3.8) is 0 Å². The van der Waals surface area contributed by atoms with Crippen molar-refractivity contribution in [2.75, 3.05) is 13.6 Å². The second-order valence-electron chi connectivity index (χ2n) is 2.28. The van der Waals surface area contributed by atoms with E-state index in [0.717, 1.165) is 6.42 Å². The Morgan fingerprint density at radius 1 is 1.80 bits per heavy atom. The first-order valence-corrected chi connectivity index (χ1v) is 3.24. The Labute approximate surface area is 59.5 Å². The van der Waals surface area contributed by atoms with Gasteiger partial charge in [0.2, 0.25) is 0 Å². The van der Waals surface area contributed by atoms with E-state index in [1.807, 2.05) is 0 Å². The maximum Gasteiger partial charge on any atom is 0.332 e. The zero-order valence-electron chi connectivity index (χ0n) is 5.92. The largest absolute Gasteiger partial charge is 0.332 e. The van der Waals surface area contributed by atoms with Gasteiger partial charge in [-0.25, -0.2) is 10.2 Å². The van der Waals surface area contributed by atoms with Crippen LogP contribution in [0.1, 0.15) is 6.42 Å². The Morgan fingerprint density at radius 2 is 2.50 bits per heavy atom. The molecule has 0 radical (unpaired) electrons.